The van der Waals surface area contributed by atoms with Gasteiger partial charge in [0.05, 0.1) is 5.69 Å². The highest BCUT2D eigenvalue weighted by molar-refractivity contribution is 5.76. The van der Waals surface area contributed by atoms with Crippen molar-refractivity contribution in [1.29, 1.82) is 0 Å². The number of hydrogen-bond acceptors (Lipinski definition) is 3. The number of likely N-dealkylation sites (tertiary alicyclic amines) is 1. The molecule has 0 radical (unpaired) electrons. The predicted molar refractivity (Wildman–Crippen MR) is 74.1 cm³/mol. The number of rotatable bonds is 4. The van der Waals surface area contributed by atoms with Crippen LogP contribution in [0.2, 0.25) is 0 Å². The number of carbonyl (C=O) groups excluding carboxylic acids is 1. The molecule has 1 atom stereocenters. The first kappa shape index (κ1) is 12.4. The molecule has 1 aromatic heterocycles. The van der Waals surface area contributed by atoms with Gasteiger partial charge < -0.3 is 4.90 Å². The van der Waals surface area contributed by atoms with Gasteiger partial charge in [-0.1, -0.05) is 11.6 Å². The molecule has 0 bridgehead atoms. The van der Waals surface area contributed by atoms with E-state index in [0.29, 0.717) is 18.5 Å². The summed E-state index contributed by atoms with van der Waals surface area (Å²) >= 11 is 0. The van der Waals surface area contributed by atoms with Crippen LogP contribution >= 0.6 is 0 Å². The van der Waals surface area contributed by atoms with Crippen molar-refractivity contribution in [3.05, 3.63) is 11.9 Å². The zero-order chi connectivity index (χ0) is 13.5. The lowest BCUT2D eigenvalue weighted by Crippen LogP contribution is -2.43. The molecule has 2 saturated carbocycles. The normalized spacial score (nSPS) is 26.8. The molecule has 5 nitrogen and oxygen atoms in total. The van der Waals surface area contributed by atoms with Gasteiger partial charge in [0.1, 0.15) is 6.54 Å². The molecule has 0 aromatic carbocycles. The molecule has 20 heavy (non-hydrogen) atoms. The van der Waals surface area contributed by atoms with Crippen LogP contribution in [0.3, 0.4) is 0 Å². The Morgan fingerprint density at radius 3 is 2.75 bits per heavy atom. The van der Waals surface area contributed by atoms with Crippen molar-refractivity contribution >= 4 is 5.91 Å². The molecule has 0 unspecified atom stereocenters. The molecule has 3 fully saturated rings. The second kappa shape index (κ2) is 4.86. The fourth-order valence-electron chi connectivity index (χ4n) is 3.60. The molecule has 0 N–H and O–H groups in total. The average Bonchev–Trinajstić information content (AvgIpc) is 2.94. The topological polar surface area (TPSA) is 51.0 Å². The Labute approximate surface area is 119 Å². The van der Waals surface area contributed by atoms with Crippen molar-refractivity contribution in [1.82, 2.24) is 19.9 Å². The first-order chi connectivity index (χ1) is 9.81. The maximum atomic E-state index is 12.5. The molecular weight excluding hydrogens is 252 g/mol. The van der Waals surface area contributed by atoms with Crippen LogP contribution < -0.4 is 0 Å². The van der Waals surface area contributed by atoms with Crippen LogP contribution in [0.5, 0.6) is 0 Å². The standard InChI is InChI=1S/C15H22N4O/c20-15(10-18-9-13(16-17-18)11-6-7-11)19-8-2-5-14(19)12-3-1-4-12/h9,11-12,14H,1-8,10H2/t14-/m0/s1. The SMILES string of the molecule is O=C(Cn1cc(C2CC2)nn1)N1CCC[C@H]1C1CCC1. The van der Waals surface area contributed by atoms with Gasteiger partial charge in [0.2, 0.25) is 5.91 Å². The Kier molecular flexibility index (Phi) is 3.00. The highest BCUT2D eigenvalue weighted by atomic mass is 16.2. The van der Waals surface area contributed by atoms with Crippen LogP contribution in [0.25, 0.3) is 0 Å². The summed E-state index contributed by atoms with van der Waals surface area (Å²) in [6.45, 7) is 1.30. The lowest BCUT2D eigenvalue weighted by Gasteiger charge is -2.37. The van der Waals surface area contributed by atoms with Gasteiger partial charge in [-0.25, -0.2) is 4.68 Å². The molecule has 3 aliphatic rings. The first-order valence-electron chi connectivity index (χ1n) is 8.01. The third-order valence-corrected chi connectivity index (χ3v) is 5.16. The zero-order valence-electron chi connectivity index (χ0n) is 11.9. The molecule has 0 spiro atoms. The second-order valence-electron chi connectivity index (χ2n) is 6.60. The Bertz CT molecular complexity index is 504. The van der Waals surface area contributed by atoms with Crippen LogP contribution in [0.15, 0.2) is 6.20 Å². The summed E-state index contributed by atoms with van der Waals surface area (Å²) in [4.78, 5) is 14.6. The fraction of sp³-hybridized carbons (Fsp3) is 0.800. The lowest BCUT2D eigenvalue weighted by molar-refractivity contribution is -0.134. The van der Waals surface area contributed by atoms with Crippen LogP contribution in [0.1, 0.15) is 56.6 Å². The van der Waals surface area contributed by atoms with Gasteiger partial charge in [0.25, 0.3) is 0 Å². The van der Waals surface area contributed by atoms with Gasteiger partial charge in [-0.05, 0) is 44.4 Å². The number of carbonyl (C=O) groups is 1. The maximum Gasteiger partial charge on any atom is 0.244 e. The van der Waals surface area contributed by atoms with E-state index in [1.165, 1.54) is 38.5 Å². The van der Waals surface area contributed by atoms with E-state index in [2.05, 4.69) is 15.2 Å². The van der Waals surface area contributed by atoms with E-state index < -0.39 is 0 Å². The smallest absolute Gasteiger partial charge is 0.244 e. The average molecular weight is 274 g/mol. The maximum absolute atomic E-state index is 12.5. The summed E-state index contributed by atoms with van der Waals surface area (Å²) in [5.41, 5.74) is 1.06. The van der Waals surface area contributed by atoms with Crippen LogP contribution in [0.4, 0.5) is 0 Å². The van der Waals surface area contributed by atoms with Crippen LogP contribution in [0, 0.1) is 5.92 Å². The molecule has 2 heterocycles. The predicted octanol–water partition coefficient (Wildman–Crippen LogP) is 1.95. The molecule has 2 aliphatic carbocycles. The Morgan fingerprint density at radius 2 is 2.05 bits per heavy atom. The summed E-state index contributed by atoms with van der Waals surface area (Å²) in [5.74, 6) is 1.60. The van der Waals surface area contributed by atoms with E-state index in [1.54, 1.807) is 4.68 Å². The Morgan fingerprint density at radius 1 is 1.20 bits per heavy atom. The van der Waals surface area contributed by atoms with Crippen molar-refractivity contribution in [3.63, 3.8) is 0 Å². The number of amides is 1. The minimum absolute atomic E-state index is 0.228. The van der Waals surface area contributed by atoms with Gasteiger partial charge in [0.15, 0.2) is 0 Å². The summed E-state index contributed by atoms with van der Waals surface area (Å²) in [7, 11) is 0. The third-order valence-electron chi connectivity index (χ3n) is 5.16. The van der Waals surface area contributed by atoms with Crippen molar-refractivity contribution in [2.75, 3.05) is 6.54 Å². The van der Waals surface area contributed by atoms with Crippen molar-refractivity contribution < 1.29 is 4.79 Å². The minimum atomic E-state index is 0.228. The molecule has 1 saturated heterocycles. The quantitative estimate of drug-likeness (QED) is 0.843. The lowest BCUT2D eigenvalue weighted by atomic mass is 9.79. The van der Waals surface area contributed by atoms with Gasteiger partial charge in [-0.3, -0.25) is 4.79 Å². The summed E-state index contributed by atoms with van der Waals surface area (Å²) in [6, 6.07) is 0.502. The second-order valence-corrected chi connectivity index (χ2v) is 6.60. The van der Waals surface area contributed by atoms with Gasteiger partial charge >= 0.3 is 0 Å². The van der Waals surface area contributed by atoms with Crippen molar-refractivity contribution in [2.24, 2.45) is 5.92 Å². The summed E-state index contributed by atoms with van der Waals surface area (Å²) in [5, 5.41) is 8.29. The van der Waals surface area contributed by atoms with Crippen molar-refractivity contribution in [3.8, 4) is 0 Å². The zero-order valence-corrected chi connectivity index (χ0v) is 11.9. The highest BCUT2D eigenvalue weighted by Crippen LogP contribution is 2.39. The molecule has 108 valence electrons. The number of hydrogen-bond donors (Lipinski definition) is 0. The largest absolute Gasteiger partial charge is 0.338 e. The van der Waals surface area contributed by atoms with E-state index in [1.807, 2.05) is 6.20 Å². The van der Waals surface area contributed by atoms with Crippen LogP contribution in [-0.2, 0) is 11.3 Å². The highest BCUT2D eigenvalue weighted by Gasteiger charge is 2.37. The molecule has 4 rings (SSSR count). The fourth-order valence-corrected chi connectivity index (χ4v) is 3.60. The van der Waals surface area contributed by atoms with E-state index in [9.17, 15) is 4.79 Å². The van der Waals surface area contributed by atoms with E-state index in [0.717, 1.165) is 24.6 Å². The van der Waals surface area contributed by atoms with E-state index >= 15 is 0 Å². The molecule has 1 amide bonds. The summed E-state index contributed by atoms with van der Waals surface area (Å²) in [6.07, 6.45) is 10.7. The molecule has 5 heteroatoms. The first-order valence-corrected chi connectivity index (χ1v) is 8.01. The van der Waals surface area contributed by atoms with Gasteiger partial charge in [-0.15, -0.1) is 5.10 Å². The van der Waals surface area contributed by atoms with E-state index in [4.69, 9.17) is 0 Å². The molecule has 1 aliphatic heterocycles. The van der Waals surface area contributed by atoms with E-state index in [-0.39, 0.29) is 5.91 Å². The Balaban J connectivity index is 1.40. The van der Waals surface area contributed by atoms with Gasteiger partial charge in [-0.2, -0.15) is 0 Å². The summed E-state index contributed by atoms with van der Waals surface area (Å²) < 4.78 is 1.73. The molecule has 1 aromatic rings. The van der Waals surface area contributed by atoms with Gasteiger partial charge in [0, 0.05) is 24.7 Å². The third kappa shape index (κ3) is 2.23. The van der Waals surface area contributed by atoms with Crippen molar-refractivity contribution in [2.45, 2.75) is 63.5 Å². The number of nitrogens with zero attached hydrogens (tertiary/aromatic N) is 4. The van der Waals surface area contributed by atoms with Crippen LogP contribution in [-0.4, -0.2) is 38.4 Å². The number of aromatic nitrogens is 3. The minimum Gasteiger partial charge on any atom is -0.338 e. The molecular formula is C15H22N4O. The Hall–Kier alpha value is -1.39. The monoisotopic (exact) mass is 274 g/mol.